The smallest absolute Gasteiger partial charge is 0.251 e. The Kier molecular flexibility index (Phi) is 3.88. The Hall–Kier alpha value is -0.220. The van der Waals surface area contributed by atoms with Gasteiger partial charge in [0.1, 0.15) is 6.10 Å². The molecule has 3 nitrogen and oxygen atoms in total. The predicted octanol–water partition coefficient (Wildman–Crippen LogP) is 0.333. The number of hydrogen-bond donors (Lipinski definition) is 1. The molecule has 0 unspecified atom stereocenters. The number of rotatable bonds is 1. The van der Waals surface area contributed by atoms with E-state index in [2.05, 4.69) is 0 Å². The Morgan fingerprint density at radius 3 is 2.92 bits per heavy atom. The number of aliphatic hydroxyl groups is 1. The van der Waals surface area contributed by atoms with Crippen LogP contribution in [0.4, 0.5) is 0 Å². The van der Waals surface area contributed by atoms with E-state index in [1.54, 1.807) is 4.90 Å². The molecule has 0 aromatic heterocycles. The standard InChI is InChI=1S/C8H15NO2S/c1-7(10)8(11)9-3-2-5-12-6-4-9/h7,10H,2-6H2,1H3/t7-/m0/s1. The van der Waals surface area contributed by atoms with Crippen LogP contribution >= 0.6 is 11.8 Å². The molecule has 1 fully saturated rings. The second kappa shape index (κ2) is 4.72. The molecule has 1 aliphatic heterocycles. The normalized spacial score (nSPS) is 21.7. The minimum Gasteiger partial charge on any atom is -0.384 e. The molecule has 0 radical (unpaired) electrons. The Balaban J connectivity index is 2.43. The Morgan fingerprint density at radius 2 is 2.25 bits per heavy atom. The fourth-order valence-electron chi connectivity index (χ4n) is 1.23. The molecule has 12 heavy (non-hydrogen) atoms. The second-order valence-corrected chi connectivity index (χ2v) is 4.19. The minimum absolute atomic E-state index is 0.127. The molecule has 4 heteroatoms. The molecular weight excluding hydrogens is 174 g/mol. The van der Waals surface area contributed by atoms with Gasteiger partial charge in [0.15, 0.2) is 0 Å². The average molecular weight is 189 g/mol. The molecule has 1 N–H and O–H groups in total. The topological polar surface area (TPSA) is 40.5 Å². The SMILES string of the molecule is C[C@H](O)C(=O)N1CCCSCC1. The second-order valence-electron chi connectivity index (χ2n) is 2.97. The van der Waals surface area contributed by atoms with Gasteiger partial charge in [-0.1, -0.05) is 0 Å². The lowest BCUT2D eigenvalue weighted by atomic mass is 10.3. The van der Waals surface area contributed by atoms with Crippen LogP contribution in [0.3, 0.4) is 0 Å². The molecule has 0 aliphatic carbocycles. The fraction of sp³-hybridized carbons (Fsp3) is 0.875. The van der Waals surface area contributed by atoms with E-state index in [0.717, 1.165) is 31.0 Å². The van der Waals surface area contributed by atoms with Crippen molar-refractivity contribution in [3.05, 3.63) is 0 Å². The van der Waals surface area contributed by atoms with Gasteiger partial charge in [-0.05, 0) is 19.1 Å². The lowest BCUT2D eigenvalue weighted by molar-refractivity contribution is -0.138. The minimum atomic E-state index is -0.840. The van der Waals surface area contributed by atoms with Crippen molar-refractivity contribution in [1.82, 2.24) is 4.90 Å². The third-order valence-corrected chi connectivity index (χ3v) is 2.94. The number of hydrogen-bond acceptors (Lipinski definition) is 3. The van der Waals surface area contributed by atoms with Gasteiger partial charge in [0, 0.05) is 18.8 Å². The lowest BCUT2D eigenvalue weighted by Crippen LogP contribution is -2.39. The highest BCUT2D eigenvalue weighted by molar-refractivity contribution is 7.99. The van der Waals surface area contributed by atoms with Crippen LogP contribution < -0.4 is 0 Å². The molecule has 1 saturated heterocycles. The van der Waals surface area contributed by atoms with Gasteiger partial charge in [0.2, 0.25) is 0 Å². The van der Waals surface area contributed by atoms with E-state index in [0.29, 0.717) is 0 Å². The Bertz CT molecular complexity index is 153. The van der Waals surface area contributed by atoms with Crippen LogP contribution in [0.15, 0.2) is 0 Å². The summed E-state index contributed by atoms with van der Waals surface area (Å²) in [5.74, 6) is 2.00. The zero-order valence-corrected chi connectivity index (χ0v) is 8.14. The molecule has 0 aromatic carbocycles. The molecule has 1 aliphatic rings. The lowest BCUT2D eigenvalue weighted by Gasteiger charge is -2.21. The number of carbonyl (C=O) groups excluding carboxylic acids is 1. The zero-order chi connectivity index (χ0) is 8.97. The Morgan fingerprint density at radius 1 is 1.50 bits per heavy atom. The van der Waals surface area contributed by atoms with Crippen LogP contribution in [0.2, 0.25) is 0 Å². The van der Waals surface area contributed by atoms with Gasteiger partial charge in [-0.25, -0.2) is 0 Å². The van der Waals surface area contributed by atoms with Gasteiger partial charge in [-0.3, -0.25) is 4.79 Å². The first-order valence-corrected chi connectivity index (χ1v) is 5.42. The predicted molar refractivity (Wildman–Crippen MR) is 50.2 cm³/mol. The van der Waals surface area contributed by atoms with Crippen LogP contribution in [0, 0.1) is 0 Å². The van der Waals surface area contributed by atoms with E-state index < -0.39 is 6.10 Å². The van der Waals surface area contributed by atoms with Gasteiger partial charge in [-0.2, -0.15) is 11.8 Å². The van der Waals surface area contributed by atoms with Gasteiger partial charge in [0.25, 0.3) is 5.91 Å². The summed E-state index contributed by atoms with van der Waals surface area (Å²) >= 11 is 1.87. The summed E-state index contributed by atoms with van der Waals surface area (Å²) < 4.78 is 0. The van der Waals surface area contributed by atoms with Crippen molar-refractivity contribution in [2.24, 2.45) is 0 Å². The summed E-state index contributed by atoms with van der Waals surface area (Å²) in [7, 11) is 0. The van der Waals surface area contributed by atoms with E-state index in [-0.39, 0.29) is 5.91 Å². The van der Waals surface area contributed by atoms with Crippen molar-refractivity contribution < 1.29 is 9.90 Å². The molecule has 1 rings (SSSR count). The molecule has 0 spiro atoms. The van der Waals surface area contributed by atoms with Gasteiger partial charge in [-0.15, -0.1) is 0 Å². The monoisotopic (exact) mass is 189 g/mol. The molecule has 1 heterocycles. The molecule has 0 aromatic rings. The highest BCUT2D eigenvalue weighted by Gasteiger charge is 2.18. The summed E-state index contributed by atoms with van der Waals surface area (Å²) in [4.78, 5) is 13.1. The van der Waals surface area contributed by atoms with Gasteiger partial charge < -0.3 is 10.0 Å². The number of amides is 1. The van der Waals surface area contributed by atoms with Crippen molar-refractivity contribution in [3.8, 4) is 0 Å². The first-order chi connectivity index (χ1) is 5.72. The molecule has 1 amide bonds. The maximum atomic E-state index is 11.3. The van der Waals surface area contributed by atoms with Crippen molar-refractivity contribution in [2.45, 2.75) is 19.4 Å². The van der Waals surface area contributed by atoms with Crippen molar-refractivity contribution >= 4 is 17.7 Å². The van der Waals surface area contributed by atoms with E-state index in [4.69, 9.17) is 5.11 Å². The summed E-state index contributed by atoms with van der Waals surface area (Å²) in [6.45, 7) is 3.12. The summed E-state index contributed by atoms with van der Waals surface area (Å²) in [5, 5.41) is 9.07. The first-order valence-electron chi connectivity index (χ1n) is 4.26. The average Bonchev–Trinajstić information content (AvgIpc) is 2.30. The first kappa shape index (κ1) is 9.86. The maximum Gasteiger partial charge on any atom is 0.251 e. The van der Waals surface area contributed by atoms with Crippen molar-refractivity contribution in [1.29, 1.82) is 0 Å². The third kappa shape index (κ3) is 2.68. The van der Waals surface area contributed by atoms with Crippen LogP contribution in [-0.4, -0.2) is 46.6 Å². The highest BCUT2D eigenvalue weighted by atomic mass is 32.2. The quantitative estimate of drug-likeness (QED) is 0.646. The maximum absolute atomic E-state index is 11.3. The van der Waals surface area contributed by atoms with Crippen molar-refractivity contribution in [3.63, 3.8) is 0 Å². The zero-order valence-electron chi connectivity index (χ0n) is 7.32. The van der Waals surface area contributed by atoms with Crippen LogP contribution in [0.1, 0.15) is 13.3 Å². The summed E-state index contributed by atoms with van der Waals surface area (Å²) in [5.41, 5.74) is 0. The van der Waals surface area contributed by atoms with Gasteiger partial charge >= 0.3 is 0 Å². The van der Waals surface area contributed by atoms with E-state index >= 15 is 0 Å². The van der Waals surface area contributed by atoms with E-state index in [1.807, 2.05) is 11.8 Å². The van der Waals surface area contributed by atoms with Crippen molar-refractivity contribution in [2.75, 3.05) is 24.6 Å². The number of aliphatic hydroxyl groups excluding tert-OH is 1. The van der Waals surface area contributed by atoms with Crippen LogP contribution in [0.25, 0.3) is 0 Å². The largest absolute Gasteiger partial charge is 0.384 e. The fourth-order valence-corrected chi connectivity index (χ4v) is 2.12. The van der Waals surface area contributed by atoms with E-state index in [9.17, 15) is 4.79 Å². The molecule has 1 atom stereocenters. The van der Waals surface area contributed by atoms with Gasteiger partial charge in [0.05, 0.1) is 0 Å². The number of carbonyl (C=O) groups is 1. The van der Waals surface area contributed by atoms with E-state index in [1.165, 1.54) is 6.92 Å². The molecule has 0 saturated carbocycles. The summed E-state index contributed by atoms with van der Waals surface area (Å²) in [6, 6.07) is 0. The highest BCUT2D eigenvalue weighted by Crippen LogP contribution is 2.10. The summed E-state index contributed by atoms with van der Waals surface area (Å²) in [6.07, 6.45) is 0.205. The van der Waals surface area contributed by atoms with Crippen LogP contribution in [-0.2, 0) is 4.79 Å². The number of thioether (sulfide) groups is 1. The Labute approximate surface area is 77.1 Å². The third-order valence-electron chi connectivity index (χ3n) is 1.89. The molecular formula is C8H15NO2S. The van der Waals surface area contributed by atoms with Crippen LogP contribution in [0.5, 0.6) is 0 Å². The molecule has 70 valence electrons. The molecule has 0 bridgehead atoms. The number of nitrogens with zero attached hydrogens (tertiary/aromatic N) is 1.